The Morgan fingerprint density at radius 2 is 2.00 bits per heavy atom. The van der Waals surface area contributed by atoms with Gasteiger partial charge in [0.1, 0.15) is 11.4 Å². The topological polar surface area (TPSA) is 56.8 Å². The number of aromatic nitrogens is 2. The zero-order chi connectivity index (χ0) is 20.4. The first kappa shape index (κ1) is 19.6. The van der Waals surface area contributed by atoms with Crippen molar-refractivity contribution in [2.75, 3.05) is 44.7 Å². The molecule has 0 bridgehead atoms. The summed E-state index contributed by atoms with van der Waals surface area (Å²) in [6.45, 7) is 6.78. The molecule has 3 heterocycles. The standard InChI is InChI=1S/C22H24ClN5O/c1-16-12-21(29-2)19(23)14-18(16)20-15-28-7-4-17(13-22(28)25-20)27-10-8-26(9-11-27)6-3-5-24/h4,7,12-15H,3,6,8-11H2,1-2H3. The van der Waals surface area contributed by atoms with Crippen molar-refractivity contribution in [3.8, 4) is 23.1 Å². The van der Waals surface area contributed by atoms with Crippen LogP contribution in [0.15, 0.2) is 36.7 Å². The van der Waals surface area contributed by atoms with Crippen molar-refractivity contribution >= 4 is 22.9 Å². The largest absolute Gasteiger partial charge is 0.495 e. The molecule has 1 fully saturated rings. The third-order valence-electron chi connectivity index (χ3n) is 5.50. The number of aryl methyl sites for hydroxylation is 1. The number of rotatable bonds is 5. The number of nitriles is 1. The van der Waals surface area contributed by atoms with Gasteiger partial charge in [0.25, 0.3) is 0 Å². The first-order chi connectivity index (χ1) is 14.1. The number of hydrogen-bond donors (Lipinski definition) is 0. The molecule has 6 nitrogen and oxygen atoms in total. The molecule has 0 N–H and O–H groups in total. The van der Waals surface area contributed by atoms with E-state index >= 15 is 0 Å². The molecule has 0 atom stereocenters. The van der Waals surface area contributed by atoms with Crippen LogP contribution < -0.4 is 9.64 Å². The van der Waals surface area contributed by atoms with E-state index in [4.69, 9.17) is 26.6 Å². The molecule has 2 aromatic heterocycles. The molecule has 0 radical (unpaired) electrons. The molecular weight excluding hydrogens is 386 g/mol. The Labute approximate surface area is 175 Å². The number of ether oxygens (including phenoxy) is 1. The van der Waals surface area contributed by atoms with Gasteiger partial charge in [-0.25, -0.2) is 4.98 Å². The van der Waals surface area contributed by atoms with Crippen LogP contribution in [-0.4, -0.2) is 54.1 Å². The van der Waals surface area contributed by atoms with Crippen molar-refractivity contribution < 1.29 is 4.74 Å². The number of fused-ring (bicyclic) bond motifs is 1. The monoisotopic (exact) mass is 409 g/mol. The lowest BCUT2D eigenvalue weighted by Gasteiger charge is -2.35. The zero-order valence-corrected chi connectivity index (χ0v) is 17.5. The Morgan fingerprint density at radius 3 is 2.72 bits per heavy atom. The van der Waals surface area contributed by atoms with Gasteiger partial charge in [0.15, 0.2) is 0 Å². The number of nitrogens with zero attached hydrogens (tertiary/aromatic N) is 5. The van der Waals surface area contributed by atoms with Gasteiger partial charge >= 0.3 is 0 Å². The van der Waals surface area contributed by atoms with Crippen molar-refractivity contribution in [3.63, 3.8) is 0 Å². The highest BCUT2D eigenvalue weighted by molar-refractivity contribution is 6.32. The van der Waals surface area contributed by atoms with E-state index in [0.29, 0.717) is 17.2 Å². The number of pyridine rings is 1. The highest BCUT2D eigenvalue weighted by Gasteiger charge is 2.18. The molecule has 1 saturated heterocycles. The van der Waals surface area contributed by atoms with Gasteiger partial charge in [-0.3, -0.25) is 4.90 Å². The fourth-order valence-corrected chi connectivity index (χ4v) is 4.06. The second kappa shape index (κ2) is 8.32. The van der Waals surface area contributed by atoms with Crippen molar-refractivity contribution in [3.05, 3.63) is 47.2 Å². The fraction of sp³-hybridized carbons (Fsp3) is 0.364. The summed E-state index contributed by atoms with van der Waals surface area (Å²) in [5.41, 5.74) is 5.07. The van der Waals surface area contributed by atoms with E-state index in [1.807, 2.05) is 29.7 Å². The third kappa shape index (κ3) is 4.02. The van der Waals surface area contributed by atoms with Crippen molar-refractivity contribution in [1.82, 2.24) is 14.3 Å². The molecule has 4 rings (SSSR count). The van der Waals surface area contributed by atoms with E-state index in [0.717, 1.165) is 55.2 Å². The third-order valence-corrected chi connectivity index (χ3v) is 5.79. The summed E-state index contributed by atoms with van der Waals surface area (Å²) in [6, 6.07) is 10.4. The maximum Gasteiger partial charge on any atom is 0.139 e. The maximum atomic E-state index is 8.76. The molecule has 150 valence electrons. The summed E-state index contributed by atoms with van der Waals surface area (Å²) in [7, 11) is 1.62. The summed E-state index contributed by atoms with van der Waals surface area (Å²) in [4.78, 5) is 9.57. The Hall–Kier alpha value is -2.75. The van der Waals surface area contributed by atoms with Crippen LogP contribution in [-0.2, 0) is 0 Å². The van der Waals surface area contributed by atoms with Gasteiger partial charge < -0.3 is 14.0 Å². The van der Waals surface area contributed by atoms with Crippen molar-refractivity contribution in [1.29, 1.82) is 5.26 Å². The average molecular weight is 410 g/mol. The first-order valence-corrected chi connectivity index (χ1v) is 10.1. The van der Waals surface area contributed by atoms with Crippen molar-refractivity contribution in [2.45, 2.75) is 13.3 Å². The lowest BCUT2D eigenvalue weighted by molar-refractivity contribution is 0.263. The zero-order valence-electron chi connectivity index (χ0n) is 16.7. The average Bonchev–Trinajstić information content (AvgIpc) is 3.17. The minimum atomic E-state index is 0.583. The van der Waals surface area contributed by atoms with E-state index < -0.39 is 0 Å². The predicted molar refractivity (Wildman–Crippen MR) is 116 cm³/mol. The molecule has 0 aliphatic carbocycles. The maximum absolute atomic E-state index is 8.76. The normalized spacial score (nSPS) is 14.9. The molecule has 1 aromatic carbocycles. The highest BCUT2D eigenvalue weighted by Crippen LogP contribution is 2.33. The number of methoxy groups -OCH3 is 1. The molecule has 1 aliphatic rings. The second-order valence-corrected chi connectivity index (χ2v) is 7.72. The molecule has 7 heteroatoms. The van der Waals surface area contributed by atoms with Gasteiger partial charge in [0.05, 0.1) is 23.9 Å². The summed E-state index contributed by atoms with van der Waals surface area (Å²) in [6.07, 6.45) is 4.69. The summed E-state index contributed by atoms with van der Waals surface area (Å²) in [5, 5.41) is 9.34. The van der Waals surface area contributed by atoms with Crippen LogP contribution in [0.2, 0.25) is 5.02 Å². The van der Waals surface area contributed by atoms with Gasteiger partial charge in [-0.2, -0.15) is 5.26 Å². The molecular formula is C22H24ClN5O. The number of benzene rings is 1. The Kier molecular flexibility index (Phi) is 5.61. The summed E-state index contributed by atoms with van der Waals surface area (Å²) >= 11 is 6.33. The lowest BCUT2D eigenvalue weighted by Crippen LogP contribution is -2.46. The minimum absolute atomic E-state index is 0.583. The fourth-order valence-electron chi connectivity index (χ4n) is 3.82. The van der Waals surface area contributed by atoms with E-state index in [9.17, 15) is 0 Å². The van der Waals surface area contributed by atoms with Gasteiger partial charge in [0, 0.05) is 68.9 Å². The molecule has 1 aliphatic heterocycles. The molecule has 0 unspecified atom stereocenters. The second-order valence-electron chi connectivity index (χ2n) is 7.32. The van der Waals surface area contributed by atoms with E-state index in [2.05, 4.69) is 34.2 Å². The lowest BCUT2D eigenvalue weighted by atomic mass is 10.1. The Morgan fingerprint density at radius 1 is 1.21 bits per heavy atom. The van der Waals surface area contributed by atoms with E-state index in [1.54, 1.807) is 7.11 Å². The molecule has 0 amide bonds. The first-order valence-electron chi connectivity index (χ1n) is 9.76. The minimum Gasteiger partial charge on any atom is -0.495 e. The van der Waals surface area contributed by atoms with E-state index in [1.165, 1.54) is 5.69 Å². The van der Waals surface area contributed by atoms with Crippen LogP contribution in [0.5, 0.6) is 5.75 Å². The molecule has 0 saturated carbocycles. The van der Waals surface area contributed by atoms with Crippen LogP contribution in [0.4, 0.5) is 5.69 Å². The molecule has 29 heavy (non-hydrogen) atoms. The smallest absolute Gasteiger partial charge is 0.139 e. The summed E-state index contributed by atoms with van der Waals surface area (Å²) < 4.78 is 7.35. The summed E-state index contributed by atoms with van der Waals surface area (Å²) in [5.74, 6) is 0.674. The van der Waals surface area contributed by atoms with Crippen LogP contribution in [0, 0.1) is 18.3 Å². The van der Waals surface area contributed by atoms with Crippen LogP contribution in [0.3, 0.4) is 0 Å². The van der Waals surface area contributed by atoms with Crippen LogP contribution in [0.25, 0.3) is 16.9 Å². The predicted octanol–water partition coefficient (Wildman–Crippen LogP) is 4.01. The Balaban J connectivity index is 1.56. The van der Waals surface area contributed by atoms with Crippen molar-refractivity contribution in [2.24, 2.45) is 0 Å². The molecule has 0 spiro atoms. The van der Waals surface area contributed by atoms with Gasteiger partial charge in [-0.1, -0.05) is 11.6 Å². The van der Waals surface area contributed by atoms with Gasteiger partial charge in [-0.05, 0) is 30.7 Å². The molecule has 3 aromatic rings. The highest BCUT2D eigenvalue weighted by atomic mass is 35.5. The van der Waals surface area contributed by atoms with E-state index in [-0.39, 0.29) is 0 Å². The quantitative estimate of drug-likeness (QED) is 0.637. The number of anilines is 1. The van der Waals surface area contributed by atoms with Crippen LogP contribution >= 0.6 is 11.6 Å². The number of piperazine rings is 1. The number of imidazole rings is 1. The Bertz CT molecular complexity index is 1060. The van der Waals surface area contributed by atoms with Gasteiger partial charge in [0.2, 0.25) is 0 Å². The van der Waals surface area contributed by atoms with Crippen LogP contribution in [0.1, 0.15) is 12.0 Å². The number of hydrogen-bond acceptors (Lipinski definition) is 5. The van der Waals surface area contributed by atoms with Gasteiger partial charge in [-0.15, -0.1) is 0 Å². The number of halogens is 1. The SMILES string of the molecule is COc1cc(C)c(-c2cn3ccc(N4CCN(CCC#N)CC4)cc3n2)cc1Cl.